The van der Waals surface area contributed by atoms with E-state index in [-0.39, 0.29) is 17.5 Å². The average Bonchev–Trinajstić information content (AvgIpc) is 2.62. The molecule has 8 heteroatoms. The zero-order valence-corrected chi connectivity index (χ0v) is 15.7. The maximum Gasteiger partial charge on any atom is 0.329 e. The molecule has 2 heterocycles. The molecule has 2 rings (SSSR count). The van der Waals surface area contributed by atoms with Crippen LogP contribution in [0.2, 0.25) is 10.3 Å². The number of pyridine rings is 2. The van der Waals surface area contributed by atoms with Gasteiger partial charge in [-0.1, -0.05) is 29.3 Å². The first-order chi connectivity index (χ1) is 12.5. The Morgan fingerprint density at radius 2 is 2.12 bits per heavy atom. The summed E-state index contributed by atoms with van der Waals surface area (Å²) < 4.78 is 5.00. The van der Waals surface area contributed by atoms with Crippen molar-refractivity contribution in [3.8, 4) is 6.07 Å². The molecule has 0 saturated heterocycles. The number of nitrogens with zero attached hydrogens (tertiary/aromatic N) is 4. The van der Waals surface area contributed by atoms with E-state index in [0.717, 1.165) is 5.56 Å². The third kappa shape index (κ3) is 4.78. The number of ether oxygens (including phenoxy) is 1. The van der Waals surface area contributed by atoms with Crippen LogP contribution in [-0.4, -0.2) is 28.3 Å². The van der Waals surface area contributed by atoms with E-state index in [1.165, 1.54) is 6.20 Å². The largest absolute Gasteiger partial charge is 0.465 e. The average molecular weight is 391 g/mol. The van der Waals surface area contributed by atoms with E-state index < -0.39 is 17.9 Å². The SMILES string of the molecule is CCOC(=O)C(C#N)C(=NC(C)c1ccc(Cl)nc1)c1cccnc1Cl. The molecule has 0 spiro atoms. The predicted octanol–water partition coefficient (Wildman–Crippen LogP) is 4.04. The predicted molar refractivity (Wildman–Crippen MR) is 99.2 cm³/mol. The van der Waals surface area contributed by atoms with Crippen molar-refractivity contribution in [3.63, 3.8) is 0 Å². The summed E-state index contributed by atoms with van der Waals surface area (Å²) in [5, 5.41) is 10.1. The van der Waals surface area contributed by atoms with Crippen molar-refractivity contribution >= 4 is 34.9 Å². The van der Waals surface area contributed by atoms with Crippen molar-refractivity contribution in [1.29, 1.82) is 5.26 Å². The summed E-state index contributed by atoms with van der Waals surface area (Å²) in [7, 11) is 0. The summed E-state index contributed by atoms with van der Waals surface area (Å²) in [6.45, 7) is 3.64. The molecule has 6 nitrogen and oxygen atoms in total. The molecule has 0 saturated carbocycles. The maximum atomic E-state index is 12.2. The summed E-state index contributed by atoms with van der Waals surface area (Å²) >= 11 is 12.0. The quantitative estimate of drug-likeness (QED) is 0.421. The number of rotatable bonds is 6. The minimum Gasteiger partial charge on any atom is -0.465 e. The molecule has 2 aromatic rings. The van der Waals surface area contributed by atoms with Gasteiger partial charge in [-0.15, -0.1) is 0 Å². The van der Waals surface area contributed by atoms with Crippen molar-refractivity contribution < 1.29 is 9.53 Å². The Bertz CT molecular complexity index is 847. The monoisotopic (exact) mass is 390 g/mol. The third-order valence-corrected chi connectivity index (χ3v) is 4.05. The number of aliphatic imine (C=N–C) groups is 1. The molecule has 0 radical (unpaired) electrons. The molecule has 0 aliphatic carbocycles. The topological polar surface area (TPSA) is 88.2 Å². The number of carbonyl (C=O) groups is 1. The lowest BCUT2D eigenvalue weighted by molar-refractivity contribution is -0.143. The van der Waals surface area contributed by atoms with E-state index in [9.17, 15) is 10.1 Å². The van der Waals surface area contributed by atoms with Gasteiger partial charge in [0.2, 0.25) is 0 Å². The van der Waals surface area contributed by atoms with Crippen molar-refractivity contribution in [1.82, 2.24) is 9.97 Å². The zero-order chi connectivity index (χ0) is 19.1. The van der Waals surface area contributed by atoms with Crippen LogP contribution < -0.4 is 0 Å². The van der Waals surface area contributed by atoms with Crippen molar-refractivity contribution in [2.24, 2.45) is 10.9 Å². The lowest BCUT2D eigenvalue weighted by Crippen LogP contribution is -2.26. The molecule has 26 heavy (non-hydrogen) atoms. The first kappa shape index (κ1) is 19.8. The van der Waals surface area contributed by atoms with Crippen LogP contribution in [0.25, 0.3) is 0 Å². The lowest BCUT2D eigenvalue weighted by Gasteiger charge is -2.16. The number of aromatic nitrogens is 2. The Hall–Kier alpha value is -2.49. The molecular weight excluding hydrogens is 375 g/mol. The molecule has 0 aliphatic rings. The highest BCUT2D eigenvalue weighted by atomic mass is 35.5. The van der Waals surface area contributed by atoms with Gasteiger partial charge in [0.15, 0.2) is 5.92 Å². The van der Waals surface area contributed by atoms with Gasteiger partial charge >= 0.3 is 5.97 Å². The van der Waals surface area contributed by atoms with Crippen LogP contribution >= 0.6 is 23.2 Å². The molecule has 0 bridgehead atoms. The van der Waals surface area contributed by atoms with E-state index >= 15 is 0 Å². The van der Waals surface area contributed by atoms with Gasteiger partial charge in [0.05, 0.1) is 24.4 Å². The zero-order valence-electron chi connectivity index (χ0n) is 14.2. The fraction of sp³-hybridized carbons (Fsp3) is 0.278. The Labute approximate surface area is 161 Å². The summed E-state index contributed by atoms with van der Waals surface area (Å²) in [4.78, 5) is 24.8. The fourth-order valence-electron chi connectivity index (χ4n) is 2.25. The van der Waals surface area contributed by atoms with E-state index in [0.29, 0.717) is 10.7 Å². The van der Waals surface area contributed by atoms with Crippen LogP contribution in [-0.2, 0) is 9.53 Å². The second-order valence-electron chi connectivity index (χ2n) is 5.26. The molecule has 134 valence electrons. The molecule has 0 N–H and O–H groups in total. The van der Waals surface area contributed by atoms with Crippen LogP contribution in [0.4, 0.5) is 0 Å². The van der Waals surface area contributed by atoms with Gasteiger partial charge in [-0.25, -0.2) is 9.97 Å². The Balaban J connectivity index is 2.52. The van der Waals surface area contributed by atoms with Crippen molar-refractivity contribution in [2.75, 3.05) is 6.61 Å². The van der Waals surface area contributed by atoms with Gasteiger partial charge in [-0.3, -0.25) is 9.79 Å². The fourth-order valence-corrected chi connectivity index (χ4v) is 2.57. The minimum atomic E-state index is -1.22. The molecule has 2 unspecified atom stereocenters. The third-order valence-electron chi connectivity index (χ3n) is 3.53. The van der Waals surface area contributed by atoms with Crippen LogP contribution in [0.1, 0.15) is 31.0 Å². The van der Waals surface area contributed by atoms with E-state index in [4.69, 9.17) is 27.9 Å². The van der Waals surface area contributed by atoms with Crippen LogP contribution in [0.5, 0.6) is 0 Å². The van der Waals surface area contributed by atoms with E-state index in [2.05, 4.69) is 15.0 Å². The summed E-state index contributed by atoms with van der Waals surface area (Å²) in [5.74, 6) is -1.91. The normalized spacial score (nSPS) is 13.6. The smallest absolute Gasteiger partial charge is 0.329 e. The lowest BCUT2D eigenvalue weighted by atomic mass is 9.98. The number of carbonyl (C=O) groups excluding carboxylic acids is 1. The van der Waals surface area contributed by atoms with Gasteiger partial charge in [0.25, 0.3) is 0 Å². The maximum absolute atomic E-state index is 12.2. The number of hydrogen-bond acceptors (Lipinski definition) is 6. The summed E-state index contributed by atoms with van der Waals surface area (Å²) in [6, 6.07) is 8.29. The molecule has 0 amide bonds. The first-order valence-corrected chi connectivity index (χ1v) is 8.59. The minimum absolute atomic E-state index is 0.150. The number of nitriles is 1. The summed E-state index contributed by atoms with van der Waals surface area (Å²) in [6.07, 6.45) is 3.10. The molecule has 0 aromatic carbocycles. The van der Waals surface area contributed by atoms with Gasteiger partial charge in [0.1, 0.15) is 10.3 Å². The molecule has 2 atom stereocenters. The van der Waals surface area contributed by atoms with Crippen molar-refractivity contribution in [2.45, 2.75) is 19.9 Å². The number of hydrogen-bond donors (Lipinski definition) is 0. The van der Waals surface area contributed by atoms with Crippen LogP contribution in [0, 0.1) is 17.2 Å². The highest BCUT2D eigenvalue weighted by Gasteiger charge is 2.29. The van der Waals surface area contributed by atoms with Gasteiger partial charge in [0, 0.05) is 18.0 Å². The van der Waals surface area contributed by atoms with Crippen molar-refractivity contribution in [3.05, 3.63) is 58.1 Å². The number of esters is 1. The standard InChI is InChI=1S/C18H16Cl2N4O2/c1-3-26-18(25)14(9-21)16(13-5-4-8-22-17(13)20)24-11(2)12-6-7-15(19)23-10-12/h4-8,10-11,14H,3H2,1-2H3. The number of halogens is 2. The summed E-state index contributed by atoms with van der Waals surface area (Å²) in [5.41, 5.74) is 1.38. The van der Waals surface area contributed by atoms with E-state index in [1.54, 1.807) is 37.4 Å². The first-order valence-electron chi connectivity index (χ1n) is 7.84. The Morgan fingerprint density at radius 1 is 1.35 bits per heavy atom. The Morgan fingerprint density at radius 3 is 2.69 bits per heavy atom. The second-order valence-corrected chi connectivity index (χ2v) is 6.01. The van der Waals surface area contributed by atoms with Crippen LogP contribution in [0.15, 0.2) is 41.7 Å². The van der Waals surface area contributed by atoms with E-state index in [1.807, 2.05) is 13.0 Å². The highest BCUT2D eigenvalue weighted by molar-refractivity contribution is 6.34. The molecular formula is C18H16Cl2N4O2. The van der Waals surface area contributed by atoms with Gasteiger partial charge in [-0.2, -0.15) is 5.26 Å². The van der Waals surface area contributed by atoms with Crippen LogP contribution in [0.3, 0.4) is 0 Å². The molecule has 2 aromatic heterocycles. The molecule has 0 fully saturated rings. The Kier molecular flexibility index (Phi) is 7.07. The van der Waals surface area contributed by atoms with Gasteiger partial charge in [-0.05, 0) is 37.6 Å². The van der Waals surface area contributed by atoms with Gasteiger partial charge < -0.3 is 4.74 Å². The highest BCUT2D eigenvalue weighted by Crippen LogP contribution is 2.24. The molecule has 0 aliphatic heterocycles. The second kappa shape index (κ2) is 9.27.